The van der Waals surface area contributed by atoms with E-state index in [-0.39, 0.29) is 5.60 Å². The molecule has 0 aliphatic rings. The fraction of sp³-hybridized carbons (Fsp3) is 0.500. The van der Waals surface area contributed by atoms with E-state index in [1.165, 1.54) is 0 Å². The van der Waals surface area contributed by atoms with Gasteiger partial charge in [0.1, 0.15) is 5.75 Å². The van der Waals surface area contributed by atoms with E-state index in [9.17, 15) is 0 Å². The lowest BCUT2D eigenvalue weighted by Gasteiger charge is -2.23. The zero-order valence-corrected chi connectivity index (χ0v) is 9.62. The first-order valence-electron chi connectivity index (χ1n) is 5.04. The number of nitrogens with two attached hydrogens (primary N) is 1. The van der Waals surface area contributed by atoms with E-state index in [0.717, 1.165) is 11.3 Å². The van der Waals surface area contributed by atoms with Crippen LogP contribution in [0.1, 0.15) is 19.4 Å². The SMILES string of the molecule is COc1ccc(COC(C)(C)CN)cc1. The van der Waals surface area contributed by atoms with E-state index in [2.05, 4.69) is 0 Å². The van der Waals surface area contributed by atoms with Gasteiger partial charge in [0, 0.05) is 6.54 Å². The lowest BCUT2D eigenvalue weighted by molar-refractivity contribution is -0.0222. The lowest BCUT2D eigenvalue weighted by Crippen LogP contribution is -2.33. The van der Waals surface area contributed by atoms with Crippen LogP contribution in [0, 0.1) is 0 Å². The second kappa shape index (κ2) is 5.14. The van der Waals surface area contributed by atoms with E-state index in [0.29, 0.717) is 13.2 Å². The van der Waals surface area contributed by atoms with Crippen LogP contribution in [0.2, 0.25) is 0 Å². The molecule has 3 nitrogen and oxygen atoms in total. The van der Waals surface area contributed by atoms with Gasteiger partial charge in [0.05, 0.1) is 19.3 Å². The highest BCUT2D eigenvalue weighted by atomic mass is 16.5. The second-order valence-electron chi connectivity index (χ2n) is 4.10. The Morgan fingerprint density at radius 2 is 1.80 bits per heavy atom. The van der Waals surface area contributed by atoms with Gasteiger partial charge in [-0.1, -0.05) is 12.1 Å². The van der Waals surface area contributed by atoms with Gasteiger partial charge < -0.3 is 15.2 Å². The van der Waals surface area contributed by atoms with Crippen molar-refractivity contribution in [3.05, 3.63) is 29.8 Å². The Morgan fingerprint density at radius 1 is 1.20 bits per heavy atom. The molecular formula is C12H19NO2. The summed E-state index contributed by atoms with van der Waals surface area (Å²) < 4.78 is 10.7. The highest BCUT2D eigenvalue weighted by Crippen LogP contribution is 2.15. The summed E-state index contributed by atoms with van der Waals surface area (Å²) in [6, 6.07) is 7.83. The number of hydrogen-bond acceptors (Lipinski definition) is 3. The molecule has 84 valence electrons. The second-order valence-corrected chi connectivity index (χ2v) is 4.10. The van der Waals surface area contributed by atoms with Crippen molar-refractivity contribution in [2.24, 2.45) is 5.73 Å². The number of methoxy groups -OCH3 is 1. The van der Waals surface area contributed by atoms with Gasteiger partial charge >= 0.3 is 0 Å². The predicted octanol–water partition coefficient (Wildman–Crippen LogP) is 1.95. The van der Waals surface area contributed by atoms with Crippen molar-refractivity contribution in [1.29, 1.82) is 0 Å². The Labute approximate surface area is 91.2 Å². The van der Waals surface area contributed by atoms with Crippen LogP contribution < -0.4 is 10.5 Å². The molecule has 3 heteroatoms. The van der Waals surface area contributed by atoms with Crippen molar-refractivity contribution in [3.8, 4) is 5.75 Å². The smallest absolute Gasteiger partial charge is 0.118 e. The summed E-state index contributed by atoms with van der Waals surface area (Å²) in [4.78, 5) is 0. The number of ether oxygens (including phenoxy) is 2. The van der Waals surface area contributed by atoms with Crippen molar-refractivity contribution in [2.75, 3.05) is 13.7 Å². The third-order valence-corrected chi connectivity index (χ3v) is 2.28. The van der Waals surface area contributed by atoms with Crippen LogP contribution in [0.3, 0.4) is 0 Å². The van der Waals surface area contributed by atoms with Crippen molar-refractivity contribution >= 4 is 0 Å². The first-order valence-corrected chi connectivity index (χ1v) is 5.04. The molecule has 0 radical (unpaired) electrons. The lowest BCUT2D eigenvalue weighted by atomic mass is 10.1. The van der Waals surface area contributed by atoms with Gasteiger partial charge in [-0.15, -0.1) is 0 Å². The zero-order chi connectivity index (χ0) is 11.3. The molecule has 0 aromatic heterocycles. The Kier molecular flexibility index (Phi) is 4.12. The molecule has 0 amide bonds. The van der Waals surface area contributed by atoms with Gasteiger partial charge in [0.15, 0.2) is 0 Å². The molecule has 0 bridgehead atoms. The van der Waals surface area contributed by atoms with Gasteiger partial charge in [-0.05, 0) is 31.5 Å². The molecule has 0 saturated heterocycles. The monoisotopic (exact) mass is 209 g/mol. The van der Waals surface area contributed by atoms with Crippen LogP contribution in [0.25, 0.3) is 0 Å². The Hall–Kier alpha value is -1.06. The molecule has 0 atom stereocenters. The molecule has 0 fully saturated rings. The topological polar surface area (TPSA) is 44.5 Å². The summed E-state index contributed by atoms with van der Waals surface area (Å²) in [6.45, 7) is 5.06. The maximum absolute atomic E-state index is 5.67. The third-order valence-electron chi connectivity index (χ3n) is 2.28. The van der Waals surface area contributed by atoms with Gasteiger partial charge in [0.2, 0.25) is 0 Å². The summed E-state index contributed by atoms with van der Waals surface area (Å²) in [7, 11) is 1.66. The van der Waals surface area contributed by atoms with E-state index in [1.54, 1.807) is 7.11 Å². The minimum atomic E-state index is -0.264. The molecule has 0 unspecified atom stereocenters. The van der Waals surface area contributed by atoms with Gasteiger partial charge in [-0.25, -0.2) is 0 Å². The quantitative estimate of drug-likeness (QED) is 0.806. The van der Waals surface area contributed by atoms with Gasteiger partial charge in [-0.2, -0.15) is 0 Å². The fourth-order valence-corrected chi connectivity index (χ4v) is 1.06. The highest BCUT2D eigenvalue weighted by Gasteiger charge is 2.15. The third kappa shape index (κ3) is 3.90. The van der Waals surface area contributed by atoms with Gasteiger partial charge in [0.25, 0.3) is 0 Å². The summed E-state index contributed by atoms with van der Waals surface area (Å²) in [5.74, 6) is 0.858. The fourth-order valence-electron chi connectivity index (χ4n) is 1.06. The van der Waals surface area contributed by atoms with Crippen molar-refractivity contribution in [1.82, 2.24) is 0 Å². The Morgan fingerprint density at radius 3 is 2.27 bits per heavy atom. The van der Waals surface area contributed by atoms with E-state index >= 15 is 0 Å². The molecule has 0 saturated carbocycles. The van der Waals surface area contributed by atoms with Crippen LogP contribution in [-0.2, 0) is 11.3 Å². The molecule has 0 heterocycles. The summed E-state index contributed by atoms with van der Waals surface area (Å²) in [6.07, 6.45) is 0. The Bertz CT molecular complexity index is 293. The maximum Gasteiger partial charge on any atom is 0.118 e. The van der Waals surface area contributed by atoms with Crippen LogP contribution in [0.4, 0.5) is 0 Å². The van der Waals surface area contributed by atoms with Crippen LogP contribution in [-0.4, -0.2) is 19.3 Å². The molecule has 1 rings (SSSR count). The van der Waals surface area contributed by atoms with Crippen molar-refractivity contribution in [2.45, 2.75) is 26.1 Å². The minimum Gasteiger partial charge on any atom is -0.497 e. The van der Waals surface area contributed by atoms with Crippen molar-refractivity contribution in [3.63, 3.8) is 0 Å². The standard InChI is InChI=1S/C12H19NO2/c1-12(2,9-13)15-8-10-4-6-11(14-3)7-5-10/h4-7H,8-9,13H2,1-3H3. The minimum absolute atomic E-state index is 0.264. The largest absolute Gasteiger partial charge is 0.497 e. The van der Waals surface area contributed by atoms with Crippen LogP contribution >= 0.6 is 0 Å². The first-order chi connectivity index (χ1) is 7.07. The molecular weight excluding hydrogens is 190 g/mol. The number of hydrogen-bond donors (Lipinski definition) is 1. The van der Waals surface area contributed by atoms with E-state index in [1.807, 2.05) is 38.1 Å². The van der Waals surface area contributed by atoms with Crippen LogP contribution in [0.15, 0.2) is 24.3 Å². The Balaban J connectivity index is 2.51. The number of rotatable bonds is 5. The molecule has 0 spiro atoms. The van der Waals surface area contributed by atoms with E-state index < -0.39 is 0 Å². The van der Waals surface area contributed by atoms with E-state index in [4.69, 9.17) is 15.2 Å². The van der Waals surface area contributed by atoms with Crippen LogP contribution in [0.5, 0.6) is 5.75 Å². The van der Waals surface area contributed by atoms with Crippen molar-refractivity contribution < 1.29 is 9.47 Å². The average molecular weight is 209 g/mol. The average Bonchev–Trinajstić information content (AvgIpc) is 2.27. The summed E-state index contributed by atoms with van der Waals surface area (Å²) in [5.41, 5.74) is 6.43. The molecule has 0 aliphatic heterocycles. The molecule has 15 heavy (non-hydrogen) atoms. The molecule has 0 aliphatic carbocycles. The summed E-state index contributed by atoms with van der Waals surface area (Å²) in [5, 5.41) is 0. The zero-order valence-electron chi connectivity index (χ0n) is 9.62. The molecule has 1 aromatic carbocycles. The summed E-state index contributed by atoms with van der Waals surface area (Å²) >= 11 is 0. The highest BCUT2D eigenvalue weighted by molar-refractivity contribution is 5.26. The van der Waals surface area contributed by atoms with Gasteiger partial charge in [-0.3, -0.25) is 0 Å². The molecule has 2 N–H and O–H groups in total. The number of benzene rings is 1. The normalized spacial score (nSPS) is 11.5. The maximum atomic E-state index is 5.67. The first kappa shape index (κ1) is 12.0. The predicted molar refractivity (Wildman–Crippen MR) is 60.9 cm³/mol. The molecule has 1 aromatic rings.